The third-order valence-corrected chi connectivity index (χ3v) is 6.47. The lowest BCUT2D eigenvalue weighted by atomic mass is 9.73. The molecule has 3 aliphatic rings. The quantitative estimate of drug-likeness (QED) is 0.854. The van der Waals surface area contributed by atoms with Crippen LogP contribution in [0.1, 0.15) is 33.8 Å². The number of furan rings is 1. The van der Waals surface area contributed by atoms with Crippen LogP contribution in [0.25, 0.3) is 0 Å². The standard InChI is InChI=1S/C21H20F2N2O4/c22-12-3-4-16(23)13(8-12)19(26)24-9-14-15-10-25(20(27)18-2-1-7-28-18)11-21(15)6-5-17(14)29-21/h1-4,7-8,14-15,17H,5-6,9-11H2,(H,24,26)/t14-,15+,17+,21+/m0/s1. The number of nitrogens with zero attached hydrogens (tertiary/aromatic N) is 1. The van der Waals surface area contributed by atoms with Gasteiger partial charge < -0.3 is 19.4 Å². The van der Waals surface area contributed by atoms with Crippen LogP contribution < -0.4 is 5.32 Å². The van der Waals surface area contributed by atoms with Crippen LogP contribution in [-0.2, 0) is 4.74 Å². The van der Waals surface area contributed by atoms with E-state index in [1.807, 2.05) is 0 Å². The van der Waals surface area contributed by atoms with E-state index >= 15 is 0 Å². The molecule has 0 radical (unpaired) electrons. The van der Waals surface area contributed by atoms with Crippen LogP contribution in [0.2, 0.25) is 0 Å². The van der Waals surface area contributed by atoms with Gasteiger partial charge in [0.15, 0.2) is 5.76 Å². The maximum Gasteiger partial charge on any atom is 0.289 e. The predicted octanol–water partition coefficient (Wildman–Crippen LogP) is 2.61. The number of ether oxygens (including phenoxy) is 1. The van der Waals surface area contributed by atoms with Crippen LogP contribution >= 0.6 is 0 Å². The van der Waals surface area contributed by atoms with E-state index in [4.69, 9.17) is 9.15 Å². The molecule has 2 aromatic rings. The number of benzene rings is 1. The van der Waals surface area contributed by atoms with E-state index in [-0.39, 0.29) is 36.0 Å². The summed E-state index contributed by atoms with van der Waals surface area (Å²) < 4.78 is 38.7. The number of fused-ring (bicyclic) bond motifs is 1. The Morgan fingerprint density at radius 2 is 2.14 bits per heavy atom. The van der Waals surface area contributed by atoms with Gasteiger partial charge in [-0.25, -0.2) is 8.78 Å². The molecule has 1 N–H and O–H groups in total. The highest BCUT2D eigenvalue weighted by molar-refractivity contribution is 5.94. The molecule has 0 saturated carbocycles. The summed E-state index contributed by atoms with van der Waals surface area (Å²) in [5.41, 5.74) is -0.711. The van der Waals surface area contributed by atoms with Gasteiger partial charge in [0, 0.05) is 24.9 Å². The molecule has 3 aliphatic heterocycles. The monoisotopic (exact) mass is 402 g/mol. The lowest BCUT2D eigenvalue weighted by Gasteiger charge is -2.29. The Morgan fingerprint density at radius 3 is 2.93 bits per heavy atom. The van der Waals surface area contributed by atoms with E-state index in [9.17, 15) is 18.4 Å². The van der Waals surface area contributed by atoms with E-state index < -0.39 is 23.1 Å². The van der Waals surface area contributed by atoms with Crippen LogP contribution in [0.15, 0.2) is 41.0 Å². The second-order valence-corrected chi connectivity index (χ2v) is 8.03. The Labute approximate surface area is 165 Å². The van der Waals surface area contributed by atoms with E-state index in [1.165, 1.54) is 6.26 Å². The minimum atomic E-state index is -0.763. The number of amides is 2. The van der Waals surface area contributed by atoms with Crippen LogP contribution in [0, 0.1) is 23.5 Å². The van der Waals surface area contributed by atoms with Gasteiger partial charge >= 0.3 is 0 Å². The summed E-state index contributed by atoms with van der Waals surface area (Å²) in [4.78, 5) is 26.8. The summed E-state index contributed by atoms with van der Waals surface area (Å²) in [5, 5.41) is 2.73. The molecule has 0 unspecified atom stereocenters. The van der Waals surface area contributed by atoms with Gasteiger partial charge in [0.25, 0.3) is 11.8 Å². The first-order valence-corrected chi connectivity index (χ1v) is 9.71. The van der Waals surface area contributed by atoms with Crippen molar-refractivity contribution < 1.29 is 27.5 Å². The molecular weight excluding hydrogens is 382 g/mol. The van der Waals surface area contributed by atoms with Gasteiger partial charge in [-0.05, 0) is 43.2 Å². The van der Waals surface area contributed by atoms with Crippen LogP contribution in [-0.4, -0.2) is 48.1 Å². The average Bonchev–Trinajstić information content (AvgIpc) is 3.48. The van der Waals surface area contributed by atoms with Crippen molar-refractivity contribution in [2.24, 2.45) is 11.8 Å². The molecule has 2 amide bonds. The normalized spacial score (nSPS) is 29.9. The van der Waals surface area contributed by atoms with Crippen molar-refractivity contribution >= 4 is 11.8 Å². The maximum atomic E-state index is 13.9. The molecule has 8 heteroatoms. The van der Waals surface area contributed by atoms with Crippen molar-refractivity contribution in [1.29, 1.82) is 0 Å². The molecule has 6 nitrogen and oxygen atoms in total. The number of halogens is 2. The number of carbonyl (C=O) groups is 2. The molecule has 5 rings (SSSR count). The SMILES string of the molecule is O=C(NC[C@H]1[C@H]2CN(C(=O)c3ccco3)C[C@]23CC[C@H]1O3)c1cc(F)ccc1F. The van der Waals surface area contributed by atoms with Gasteiger partial charge in [-0.3, -0.25) is 9.59 Å². The smallest absolute Gasteiger partial charge is 0.289 e. The van der Waals surface area contributed by atoms with Crippen molar-refractivity contribution in [1.82, 2.24) is 10.2 Å². The molecule has 152 valence electrons. The largest absolute Gasteiger partial charge is 0.459 e. The Bertz CT molecular complexity index is 964. The van der Waals surface area contributed by atoms with Gasteiger partial charge in [0.05, 0.1) is 30.1 Å². The molecule has 4 heterocycles. The number of hydrogen-bond donors (Lipinski definition) is 1. The Hall–Kier alpha value is -2.74. The topological polar surface area (TPSA) is 71.8 Å². The van der Waals surface area contributed by atoms with Crippen molar-refractivity contribution in [2.45, 2.75) is 24.5 Å². The molecule has 1 aromatic carbocycles. The zero-order chi connectivity index (χ0) is 20.2. The first-order valence-electron chi connectivity index (χ1n) is 9.71. The van der Waals surface area contributed by atoms with Crippen LogP contribution in [0.4, 0.5) is 8.78 Å². The lowest BCUT2D eigenvalue weighted by Crippen LogP contribution is -2.42. The molecular formula is C21H20F2N2O4. The van der Waals surface area contributed by atoms with E-state index in [0.717, 1.165) is 31.0 Å². The third-order valence-electron chi connectivity index (χ3n) is 6.47. The maximum absolute atomic E-state index is 13.9. The van der Waals surface area contributed by atoms with Crippen LogP contribution in [0.3, 0.4) is 0 Å². The summed E-state index contributed by atoms with van der Waals surface area (Å²) in [6, 6.07) is 6.12. The fraction of sp³-hybridized carbons (Fsp3) is 0.429. The third kappa shape index (κ3) is 2.93. The highest BCUT2D eigenvalue weighted by Crippen LogP contribution is 2.54. The van der Waals surface area contributed by atoms with Crippen molar-refractivity contribution in [3.8, 4) is 0 Å². The summed E-state index contributed by atoms with van der Waals surface area (Å²) in [6.07, 6.45) is 3.19. The van der Waals surface area contributed by atoms with Crippen molar-refractivity contribution in [3.63, 3.8) is 0 Å². The summed E-state index contributed by atoms with van der Waals surface area (Å²) >= 11 is 0. The minimum absolute atomic E-state index is 0.00137. The minimum Gasteiger partial charge on any atom is -0.459 e. The Kier molecular flexibility index (Phi) is 4.20. The van der Waals surface area contributed by atoms with Gasteiger partial charge in [0.2, 0.25) is 0 Å². The fourth-order valence-electron chi connectivity index (χ4n) is 5.15. The first-order chi connectivity index (χ1) is 14.0. The molecule has 1 spiro atoms. The van der Waals surface area contributed by atoms with E-state index in [1.54, 1.807) is 17.0 Å². The van der Waals surface area contributed by atoms with Gasteiger partial charge in [-0.2, -0.15) is 0 Å². The van der Waals surface area contributed by atoms with E-state index in [0.29, 0.717) is 18.8 Å². The number of carbonyl (C=O) groups excluding carboxylic acids is 2. The molecule has 3 saturated heterocycles. The molecule has 1 aromatic heterocycles. The molecule has 0 aliphatic carbocycles. The highest BCUT2D eigenvalue weighted by atomic mass is 19.1. The first kappa shape index (κ1) is 18.3. The number of hydrogen-bond acceptors (Lipinski definition) is 4. The van der Waals surface area contributed by atoms with Crippen molar-refractivity contribution in [2.75, 3.05) is 19.6 Å². The average molecular weight is 402 g/mol. The summed E-state index contributed by atoms with van der Waals surface area (Å²) in [6.45, 7) is 1.30. The highest BCUT2D eigenvalue weighted by Gasteiger charge is 2.63. The zero-order valence-electron chi connectivity index (χ0n) is 15.6. The number of likely N-dealkylation sites (tertiary alicyclic amines) is 1. The molecule has 3 fully saturated rings. The summed E-state index contributed by atoms with van der Waals surface area (Å²) in [5.74, 6) is -1.86. The fourth-order valence-corrected chi connectivity index (χ4v) is 5.15. The lowest BCUT2D eigenvalue weighted by molar-refractivity contribution is 0.00286. The molecule has 2 bridgehead atoms. The predicted molar refractivity (Wildman–Crippen MR) is 97.1 cm³/mol. The summed E-state index contributed by atoms with van der Waals surface area (Å²) in [7, 11) is 0. The Balaban J connectivity index is 1.29. The van der Waals surface area contributed by atoms with Gasteiger partial charge in [-0.15, -0.1) is 0 Å². The Morgan fingerprint density at radius 1 is 1.28 bits per heavy atom. The molecule has 4 atom stereocenters. The number of nitrogens with one attached hydrogen (secondary N) is 1. The van der Waals surface area contributed by atoms with E-state index in [2.05, 4.69) is 5.32 Å². The number of rotatable bonds is 4. The van der Waals surface area contributed by atoms with Crippen LogP contribution in [0.5, 0.6) is 0 Å². The second kappa shape index (κ2) is 6.66. The van der Waals surface area contributed by atoms with Gasteiger partial charge in [0.1, 0.15) is 11.6 Å². The van der Waals surface area contributed by atoms with Gasteiger partial charge in [-0.1, -0.05) is 0 Å². The molecule has 29 heavy (non-hydrogen) atoms. The zero-order valence-corrected chi connectivity index (χ0v) is 15.6. The second-order valence-electron chi connectivity index (χ2n) is 8.03. The van der Waals surface area contributed by atoms with Crippen molar-refractivity contribution in [3.05, 3.63) is 59.6 Å².